The quantitative estimate of drug-likeness (QED) is 0.359. The molecular weight excluding hydrogens is 704 g/mol. The van der Waals surface area contributed by atoms with Gasteiger partial charge in [0.2, 0.25) is 0 Å². The summed E-state index contributed by atoms with van der Waals surface area (Å²) < 4.78 is 0.771. The Morgan fingerprint density at radius 2 is 1.77 bits per heavy atom. The van der Waals surface area contributed by atoms with E-state index in [4.69, 9.17) is 5.11 Å². The van der Waals surface area contributed by atoms with Crippen LogP contribution in [0, 0.1) is 3.57 Å². The first-order valence-corrected chi connectivity index (χ1v) is 26.0. The van der Waals surface area contributed by atoms with E-state index in [1.807, 2.05) is 28.7 Å². The third kappa shape index (κ3) is 6.81. The maximum absolute atomic E-state index is 10.4. The Kier molecular flexibility index (Phi) is 10.3. The summed E-state index contributed by atoms with van der Waals surface area (Å²) in [6, 6.07) is 6.88. The molecule has 70 valence electrons. The molecule has 0 unspecified atom stereocenters. The van der Waals surface area contributed by atoms with Crippen molar-refractivity contribution in [3.8, 4) is 0 Å². The van der Waals surface area contributed by atoms with Gasteiger partial charge in [-0.2, -0.15) is 0 Å². The summed E-state index contributed by atoms with van der Waals surface area (Å²) in [6.45, 7) is 0. The van der Waals surface area contributed by atoms with Gasteiger partial charge in [-0.1, -0.05) is 12.1 Å². The summed E-state index contributed by atoms with van der Waals surface area (Å²) >= 11 is 6.96. The van der Waals surface area contributed by atoms with Crippen LogP contribution in [0.5, 0.6) is 0 Å². The van der Waals surface area contributed by atoms with Crippen molar-refractivity contribution in [2.24, 2.45) is 0 Å². The van der Waals surface area contributed by atoms with Gasteiger partial charge in [0.1, 0.15) is 0 Å². The summed E-state index contributed by atoms with van der Waals surface area (Å²) in [5, 5.41) is 8.56. The Morgan fingerprint density at radius 3 is 2.08 bits per heavy atom. The van der Waals surface area contributed by atoms with Crippen LogP contribution in [0.15, 0.2) is 24.3 Å². The molecule has 0 aliphatic heterocycles. The average Bonchev–Trinajstić information content (AvgIpc) is 2.06. The molecule has 2 nitrogen and oxygen atoms in total. The van der Waals surface area contributed by atoms with Gasteiger partial charge in [0, 0.05) is 3.57 Å². The van der Waals surface area contributed by atoms with Gasteiger partial charge < -0.3 is 5.11 Å². The molecule has 1 rings (SSSR count). The summed E-state index contributed by atoms with van der Waals surface area (Å²) in [5.74, 6) is -0.870. The first-order valence-electron chi connectivity index (χ1n) is 3.07. The fourth-order valence-electron chi connectivity index (χ4n) is 0.635. The SMILES string of the molecule is O=C(O)c1ccccc1I.[I][Pb][I]. The Morgan fingerprint density at radius 1 is 1.31 bits per heavy atom. The molecule has 1 aromatic carbocycles. The zero-order valence-electron chi connectivity index (χ0n) is 6.30. The molecular formula is C7H5I3O2Pb. The molecule has 6 heteroatoms. The van der Waals surface area contributed by atoms with Crippen LogP contribution in [-0.2, 0) is 0 Å². The molecule has 0 bridgehead atoms. The van der Waals surface area contributed by atoms with Crippen LogP contribution >= 0.6 is 58.1 Å². The van der Waals surface area contributed by atoms with Gasteiger partial charge in [-0.25, -0.2) is 4.79 Å². The number of benzene rings is 1. The molecule has 2 radical (unpaired) electrons. The van der Waals surface area contributed by atoms with E-state index in [-0.39, 0.29) is 15.6 Å². The first-order chi connectivity index (χ1) is 6.13. The third-order valence-corrected chi connectivity index (χ3v) is 2.04. The van der Waals surface area contributed by atoms with Gasteiger partial charge >= 0.3 is 57.1 Å². The van der Waals surface area contributed by atoms with Crippen molar-refractivity contribution < 1.29 is 9.90 Å². The average molecular weight is 709 g/mol. The number of carboxylic acid groups (broad SMARTS) is 1. The Balaban J connectivity index is 0.000000424. The molecule has 0 amide bonds. The normalized spacial score (nSPS) is 8.54. The standard InChI is InChI=1S/C7H5IO2.2HI.Pb/c8-6-4-2-1-3-5(6)7(9)10;;;/h1-4H,(H,9,10);2*1H;/q;;;+2/p-2. The number of aromatic carboxylic acids is 1. The Hall–Kier alpha value is 1.80. The van der Waals surface area contributed by atoms with Gasteiger partial charge in [0.15, 0.2) is 0 Å². The van der Waals surface area contributed by atoms with Gasteiger partial charge in [-0.15, -0.1) is 0 Å². The number of halogens is 3. The van der Waals surface area contributed by atoms with Crippen LogP contribution in [0.4, 0.5) is 0 Å². The molecule has 1 N–H and O–H groups in total. The molecule has 0 spiro atoms. The maximum atomic E-state index is 10.4. The molecule has 0 fully saturated rings. The van der Waals surface area contributed by atoms with Crippen LogP contribution in [0.1, 0.15) is 10.4 Å². The fraction of sp³-hybridized carbons (Fsp3) is 0. The molecule has 0 aromatic heterocycles. The Labute approximate surface area is 121 Å². The fourth-order valence-corrected chi connectivity index (χ4v) is 1.25. The second kappa shape index (κ2) is 9.06. The van der Waals surface area contributed by atoms with Crippen molar-refractivity contribution in [2.75, 3.05) is 0 Å². The van der Waals surface area contributed by atoms with Crippen molar-refractivity contribution >= 4 is 79.7 Å². The molecule has 0 saturated carbocycles. The van der Waals surface area contributed by atoms with Crippen molar-refractivity contribution in [2.45, 2.75) is 0 Å². The van der Waals surface area contributed by atoms with E-state index in [0.717, 1.165) is 3.57 Å². The van der Waals surface area contributed by atoms with Crippen LogP contribution in [0.25, 0.3) is 0 Å². The van der Waals surface area contributed by atoms with Crippen LogP contribution in [0.3, 0.4) is 0 Å². The van der Waals surface area contributed by atoms with Gasteiger partial charge in [-0.3, -0.25) is 0 Å². The van der Waals surface area contributed by atoms with E-state index in [1.54, 1.807) is 18.2 Å². The number of carbonyl (C=O) groups is 1. The van der Waals surface area contributed by atoms with E-state index < -0.39 is 5.97 Å². The molecule has 13 heavy (non-hydrogen) atoms. The number of carboxylic acids is 1. The van der Waals surface area contributed by atoms with Gasteiger partial charge in [0.25, 0.3) is 0 Å². The molecule has 0 aliphatic rings. The summed E-state index contributed by atoms with van der Waals surface area (Å²) in [6.07, 6.45) is 0. The van der Waals surface area contributed by atoms with E-state index in [0.29, 0.717) is 5.56 Å². The zero-order chi connectivity index (χ0) is 10.3. The van der Waals surface area contributed by atoms with Gasteiger partial charge in [0.05, 0.1) is 5.56 Å². The predicted octanol–water partition coefficient (Wildman–Crippen LogP) is 3.38. The summed E-state index contributed by atoms with van der Waals surface area (Å²) in [4.78, 5) is 10.4. The predicted molar refractivity (Wildman–Crippen MR) is 79.9 cm³/mol. The molecule has 0 atom stereocenters. The monoisotopic (exact) mass is 710 g/mol. The second-order valence-corrected chi connectivity index (χ2v) is 31.2. The van der Waals surface area contributed by atoms with E-state index in [9.17, 15) is 4.79 Å². The number of hydrogen-bond donors (Lipinski definition) is 1. The topological polar surface area (TPSA) is 37.3 Å². The van der Waals surface area contributed by atoms with E-state index >= 15 is 0 Å². The number of hydrogen-bond acceptors (Lipinski definition) is 1. The summed E-state index contributed by atoms with van der Waals surface area (Å²) in [7, 11) is 0. The third-order valence-electron chi connectivity index (χ3n) is 1.10. The summed E-state index contributed by atoms with van der Waals surface area (Å²) in [5.41, 5.74) is 0.364. The van der Waals surface area contributed by atoms with Gasteiger partial charge in [-0.05, 0) is 34.7 Å². The van der Waals surface area contributed by atoms with E-state index in [1.165, 1.54) is 0 Å². The van der Waals surface area contributed by atoms with Crippen molar-refractivity contribution in [1.29, 1.82) is 0 Å². The first kappa shape index (κ1) is 14.8. The molecule has 0 aliphatic carbocycles. The zero-order valence-corrected chi connectivity index (χ0v) is 16.7. The molecule has 1 aromatic rings. The van der Waals surface area contributed by atoms with Crippen molar-refractivity contribution in [3.05, 3.63) is 33.4 Å². The molecule has 0 saturated heterocycles. The van der Waals surface area contributed by atoms with Crippen molar-refractivity contribution in [1.82, 2.24) is 0 Å². The van der Waals surface area contributed by atoms with E-state index in [2.05, 4.69) is 35.5 Å². The minimum absolute atomic E-state index is 0.0233. The van der Waals surface area contributed by atoms with Crippen LogP contribution < -0.4 is 0 Å². The van der Waals surface area contributed by atoms with Crippen molar-refractivity contribution in [3.63, 3.8) is 0 Å². The molecule has 0 heterocycles. The van der Waals surface area contributed by atoms with Crippen LogP contribution in [0.2, 0.25) is 0 Å². The van der Waals surface area contributed by atoms with Crippen LogP contribution in [-0.4, -0.2) is 26.7 Å². The number of rotatable bonds is 1. The second-order valence-electron chi connectivity index (χ2n) is 1.86. The minimum atomic E-state index is -0.870. The Bertz CT molecular complexity index is 280.